The summed E-state index contributed by atoms with van der Waals surface area (Å²) in [4.78, 5) is 11.8. The van der Waals surface area contributed by atoms with Crippen LogP contribution in [0.5, 0.6) is 0 Å². The smallest absolute Gasteiger partial charge is 0.271 e. The van der Waals surface area contributed by atoms with Crippen LogP contribution in [0.2, 0.25) is 10.0 Å². The lowest BCUT2D eigenvalue weighted by molar-refractivity contribution is 0.0944. The number of thiocarbonyl (C=S) groups is 1. The van der Waals surface area contributed by atoms with Gasteiger partial charge < -0.3 is 5.32 Å². The maximum absolute atomic E-state index is 11.8. The zero-order valence-corrected chi connectivity index (χ0v) is 12.5. The molecule has 0 aliphatic heterocycles. The van der Waals surface area contributed by atoms with E-state index in [4.69, 9.17) is 35.4 Å². The molecule has 0 bridgehead atoms. The van der Waals surface area contributed by atoms with Crippen LogP contribution in [0.3, 0.4) is 0 Å². The SMILES string of the molecule is C=C(C)CNC(=S)NNC(=O)c1cc(Cl)ccc1Cl. The molecule has 1 amide bonds. The van der Waals surface area contributed by atoms with Crippen LogP contribution >= 0.6 is 35.4 Å². The molecule has 0 spiro atoms. The minimum Gasteiger partial charge on any atom is -0.358 e. The van der Waals surface area contributed by atoms with Gasteiger partial charge in [0.1, 0.15) is 0 Å². The van der Waals surface area contributed by atoms with E-state index < -0.39 is 5.91 Å². The van der Waals surface area contributed by atoms with E-state index in [-0.39, 0.29) is 10.7 Å². The molecule has 1 aromatic carbocycles. The number of benzene rings is 1. The summed E-state index contributed by atoms with van der Waals surface area (Å²) < 4.78 is 0. The van der Waals surface area contributed by atoms with Crippen molar-refractivity contribution < 1.29 is 4.79 Å². The summed E-state index contributed by atoms with van der Waals surface area (Å²) >= 11 is 16.7. The van der Waals surface area contributed by atoms with Crippen LogP contribution in [0.25, 0.3) is 0 Å². The van der Waals surface area contributed by atoms with Crippen molar-refractivity contribution in [2.45, 2.75) is 6.92 Å². The number of halogens is 2. The molecular formula is C12H13Cl2N3OS. The number of nitrogens with one attached hydrogen (secondary N) is 3. The van der Waals surface area contributed by atoms with Gasteiger partial charge in [0.15, 0.2) is 5.11 Å². The summed E-state index contributed by atoms with van der Waals surface area (Å²) in [5.74, 6) is -0.424. The molecule has 1 aromatic rings. The fourth-order valence-corrected chi connectivity index (χ4v) is 1.63. The van der Waals surface area contributed by atoms with Gasteiger partial charge in [0, 0.05) is 11.6 Å². The van der Waals surface area contributed by atoms with Gasteiger partial charge in [-0.05, 0) is 37.3 Å². The Morgan fingerprint density at radius 3 is 2.68 bits per heavy atom. The number of amides is 1. The van der Waals surface area contributed by atoms with Crippen LogP contribution in [-0.4, -0.2) is 17.6 Å². The summed E-state index contributed by atoms with van der Waals surface area (Å²) in [7, 11) is 0. The first-order valence-electron chi connectivity index (χ1n) is 5.33. The molecular weight excluding hydrogens is 305 g/mol. The van der Waals surface area contributed by atoms with E-state index in [9.17, 15) is 4.79 Å². The lowest BCUT2D eigenvalue weighted by Crippen LogP contribution is -2.47. The third-order valence-corrected chi connectivity index (χ3v) is 2.82. The van der Waals surface area contributed by atoms with Crippen molar-refractivity contribution in [1.82, 2.24) is 16.2 Å². The zero-order valence-electron chi connectivity index (χ0n) is 10.2. The number of carbonyl (C=O) groups excluding carboxylic acids is 1. The van der Waals surface area contributed by atoms with Crippen molar-refractivity contribution in [3.05, 3.63) is 46.0 Å². The maximum atomic E-state index is 11.8. The van der Waals surface area contributed by atoms with Crippen molar-refractivity contribution >= 4 is 46.4 Å². The van der Waals surface area contributed by atoms with E-state index in [1.165, 1.54) is 6.07 Å². The van der Waals surface area contributed by atoms with E-state index in [0.717, 1.165) is 5.57 Å². The predicted molar refractivity (Wildman–Crippen MR) is 82.5 cm³/mol. The highest BCUT2D eigenvalue weighted by atomic mass is 35.5. The molecule has 0 aromatic heterocycles. The van der Waals surface area contributed by atoms with E-state index in [1.807, 2.05) is 6.92 Å². The summed E-state index contributed by atoms with van der Waals surface area (Å²) in [6, 6.07) is 4.63. The lowest BCUT2D eigenvalue weighted by Gasteiger charge is -2.12. The molecule has 0 fully saturated rings. The van der Waals surface area contributed by atoms with Crippen molar-refractivity contribution in [1.29, 1.82) is 0 Å². The monoisotopic (exact) mass is 317 g/mol. The largest absolute Gasteiger partial charge is 0.358 e. The minimum atomic E-state index is -0.424. The van der Waals surface area contributed by atoms with Crippen LogP contribution in [0.4, 0.5) is 0 Å². The summed E-state index contributed by atoms with van der Waals surface area (Å²) in [6.07, 6.45) is 0. The Morgan fingerprint density at radius 2 is 2.05 bits per heavy atom. The Kier molecular flexibility index (Phi) is 6.08. The average Bonchev–Trinajstić information content (AvgIpc) is 2.36. The topological polar surface area (TPSA) is 53.2 Å². The number of carbonyl (C=O) groups is 1. The van der Waals surface area contributed by atoms with Gasteiger partial charge in [-0.3, -0.25) is 15.6 Å². The molecule has 0 heterocycles. The van der Waals surface area contributed by atoms with Gasteiger partial charge >= 0.3 is 0 Å². The highest BCUT2D eigenvalue weighted by molar-refractivity contribution is 7.80. The molecule has 0 aliphatic carbocycles. The third-order valence-electron chi connectivity index (χ3n) is 2.01. The van der Waals surface area contributed by atoms with Gasteiger partial charge in [-0.15, -0.1) is 0 Å². The van der Waals surface area contributed by atoms with Gasteiger partial charge in [-0.1, -0.05) is 35.4 Å². The zero-order chi connectivity index (χ0) is 14.4. The van der Waals surface area contributed by atoms with Crippen LogP contribution in [-0.2, 0) is 0 Å². The molecule has 0 aliphatic rings. The molecule has 0 radical (unpaired) electrons. The fraction of sp³-hybridized carbons (Fsp3) is 0.167. The second kappa shape index (κ2) is 7.33. The van der Waals surface area contributed by atoms with Gasteiger partial charge in [0.2, 0.25) is 0 Å². The molecule has 7 heteroatoms. The standard InChI is InChI=1S/C12H13Cl2N3OS/c1-7(2)6-15-12(19)17-16-11(18)9-5-8(13)3-4-10(9)14/h3-5H,1,6H2,2H3,(H,16,18)(H2,15,17,19). The number of hydrazine groups is 1. The normalized spacial score (nSPS) is 9.63. The number of hydrogen-bond donors (Lipinski definition) is 3. The molecule has 0 saturated heterocycles. The second-order valence-electron chi connectivity index (χ2n) is 3.84. The van der Waals surface area contributed by atoms with E-state index >= 15 is 0 Å². The third kappa shape index (κ3) is 5.46. The second-order valence-corrected chi connectivity index (χ2v) is 5.09. The van der Waals surface area contributed by atoms with Crippen molar-refractivity contribution in [3.63, 3.8) is 0 Å². The minimum absolute atomic E-state index is 0.268. The summed E-state index contributed by atoms with van der Waals surface area (Å²) in [5.41, 5.74) is 6.18. The van der Waals surface area contributed by atoms with Gasteiger partial charge in [0.25, 0.3) is 5.91 Å². The fourth-order valence-electron chi connectivity index (χ4n) is 1.13. The van der Waals surface area contributed by atoms with Crippen molar-refractivity contribution in [2.24, 2.45) is 0 Å². The first kappa shape index (κ1) is 15.8. The van der Waals surface area contributed by atoms with Crippen LogP contribution in [0, 0.1) is 0 Å². The molecule has 0 atom stereocenters. The first-order valence-corrected chi connectivity index (χ1v) is 6.50. The number of hydrogen-bond acceptors (Lipinski definition) is 2. The Balaban J connectivity index is 2.53. The van der Waals surface area contributed by atoms with E-state index in [2.05, 4.69) is 22.7 Å². The van der Waals surface area contributed by atoms with Crippen LogP contribution in [0.1, 0.15) is 17.3 Å². The summed E-state index contributed by atoms with van der Waals surface area (Å²) in [6.45, 7) is 6.11. The van der Waals surface area contributed by atoms with Crippen LogP contribution < -0.4 is 16.2 Å². The first-order chi connectivity index (χ1) is 8.90. The molecule has 0 saturated carbocycles. The average molecular weight is 318 g/mol. The van der Waals surface area contributed by atoms with Crippen LogP contribution in [0.15, 0.2) is 30.4 Å². The highest BCUT2D eigenvalue weighted by Gasteiger charge is 2.10. The van der Waals surface area contributed by atoms with Gasteiger partial charge in [-0.2, -0.15) is 0 Å². The summed E-state index contributed by atoms with van der Waals surface area (Å²) in [5, 5.41) is 3.89. The molecule has 3 N–H and O–H groups in total. The Hall–Kier alpha value is -1.30. The Labute approximate surface area is 127 Å². The molecule has 19 heavy (non-hydrogen) atoms. The Morgan fingerprint density at radius 1 is 1.37 bits per heavy atom. The quantitative estimate of drug-likeness (QED) is 0.456. The number of rotatable bonds is 3. The van der Waals surface area contributed by atoms with E-state index in [1.54, 1.807) is 12.1 Å². The van der Waals surface area contributed by atoms with Crippen molar-refractivity contribution in [2.75, 3.05) is 6.54 Å². The maximum Gasteiger partial charge on any atom is 0.271 e. The predicted octanol–water partition coefficient (Wildman–Crippen LogP) is 2.68. The van der Waals surface area contributed by atoms with Crippen molar-refractivity contribution in [3.8, 4) is 0 Å². The van der Waals surface area contributed by atoms with Gasteiger partial charge in [0.05, 0.1) is 10.6 Å². The molecule has 1 rings (SSSR count). The highest BCUT2D eigenvalue weighted by Crippen LogP contribution is 2.20. The molecule has 102 valence electrons. The van der Waals surface area contributed by atoms with Gasteiger partial charge in [-0.25, -0.2) is 0 Å². The van der Waals surface area contributed by atoms with E-state index in [0.29, 0.717) is 16.6 Å². The lowest BCUT2D eigenvalue weighted by atomic mass is 10.2. The molecule has 0 unspecified atom stereocenters. The Bertz CT molecular complexity index is 520. The molecule has 4 nitrogen and oxygen atoms in total.